The molecule has 0 amide bonds. The van der Waals surface area contributed by atoms with E-state index >= 15 is 0 Å². The van der Waals surface area contributed by atoms with Crippen LogP contribution in [-0.2, 0) is 23.4 Å². The van der Waals surface area contributed by atoms with Crippen LogP contribution in [0.3, 0.4) is 0 Å². The standard InChI is InChI=1S/C10H18ClN3O2S/c1-7(6-17(4,15)16)12-5-9-10(11)8(2)13-14(9)3/h7,12H,5-6H2,1-4H3. The van der Waals surface area contributed by atoms with Crippen molar-refractivity contribution in [2.75, 3.05) is 12.0 Å². The summed E-state index contributed by atoms with van der Waals surface area (Å²) in [6.45, 7) is 4.18. The highest BCUT2D eigenvalue weighted by Gasteiger charge is 2.14. The zero-order valence-corrected chi connectivity index (χ0v) is 12.1. The lowest BCUT2D eigenvalue weighted by Crippen LogP contribution is -2.32. The summed E-state index contributed by atoms with van der Waals surface area (Å²) in [6, 6.07) is -0.115. The minimum absolute atomic E-state index is 0.113. The van der Waals surface area contributed by atoms with Crippen molar-refractivity contribution in [2.24, 2.45) is 7.05 Å². The molecule has 17 heavy (non-hydrogen) atoms. The normalized spacial score (nSPS) is 13.9. The van der Waals surface area contributed by atoms with E-state index in [1.54, 1.807) is 4.68 Å². The van der Waals surface area contributed by atoms with Gasteiger partial charge in [-0.1, -0.05) is 11.6 Å². The lowest BCUT2D eigenvalue weighted by atomic mass is 10.3. The van der Waals surface area contributed by atoms with Gasteiger partial charge < -0.3 is 5.32 Å². The summed E-state index contributed by atoms with van der Waals surface area (Å²) in [5.74, 6) is 0.113. The summed E-state index contributed by atoms with van der Waals surface area (Å²) in [6.07, 6.45) is 1.23. The van der Waals surface area contributed by atoms with E-state index in [0.29, 0.717) is 11.6 Å². The van der Waals surface area contributed by atoms with Crippen LogP contribution < -0.4 is 5.32 Å². The van der Waals surface area contributed by atoms with E-state index in [2.05, 4.69) is 10.4 Å². The van der Waals surface area contributed by atoms with E-state index in [9.17, 15) is 8.42 Å². The fourth-order valence-corrected chi connectivity index (χ4v) is 2.91. The quantitative estimate of drug-likeness (QED) is 0.870. The Balaban J connectivity index is 2.62. The van der Waals surface area contributed by atoms with E-state index < -0.39 is 9.84 Å². The van der Waals surface area contributed by atoms with Gasteiger partial charge in [0, 0.05) is 25.9 Å². The van der Waals surface area contributed by atoms with E-state index in [1.807, 2.05) is 20.9 Å². The largest absolute Gasteiger partial charge is 0.308 e. The highest BCUT2D eigenvalue weighted by atomic mass is 35.5. The maximum absolute atomic E-state index is 11.1. The number of aryl methyl sites for hydroxylation is 2. The van der Waals surface area contributed by atoms with Crippen molar-refractivity contribution < 1.29 is 8.42 Å². The molecule has 0 aliphatic carbocycles. The molecule has 98 valence electrons. The van der Waals surface area contributed by atoms with Gasteiger partial charge in [0.05, 0.1) is 22.2 Å². The second kappa shape index (κ2) is 5.37. The van der Waals surface area contributed by atoms with Crippen LogP contribution in [0.1, 0.15) is 18.3 Å². The number of sulfone groups is 1. The zero-order chi connectivity index (χ0) is 13.2. The van der Waals surface area contributed by atoms with Crippen LogP contribution in [0.5, 0.6) is 0 Å². The third-order valence-corrected chi connectivity index (χ3v) is 4.03. The molecule has 1 atom stereocenters. The third kappa shape index (κ3) is 4.29. The molecule has 0 aliphatic rings. The minimum Gasteiger partial charge on any atom is -0.308 e. The third-order valence-electron chi connectivity index (χ3n) is 2.43. The molecule has 0 saturated carbocycles. The first-order valence-corrected chi connectivity index (χ1v) is 7.73. The highest BCUT2D eigenvalue weighted by Crippen LogP contribution is 2.19. The summed E-state index contributed by atoms with van der Waals surface area (Å²) in [5, 5.41) is 7.95. The topological polar surface area (TPSA) is 64.0 Å². The summed E-state index contributed by atoms with van der Waals surface area (Å²) in [4.78, 5) is 0. The predicted molar refractivity (Wildman–Crippen MR) is 69.0 cm³/mol. The molecule has 7 heteroatoms. The second-order valence-corrected chi connectivity index (χ2v) is 6.91. The number of halogens is 1. The number of hydrogen-bond acceptors (Lipinski definition) is 4. The first-order valence-electron chi connectivity index (χ1n) is 5.30. The highest BCUT2D eigenvalue weighted by molar-refractivity contribution is 7.90. The van der Waals surface area contributed by atoms with Gasteiger partial charge in [-0.15, -0.1) is 0 Å². The molecule has 1 heterocycles. The van der Waals surface area contributed by atoms with Crippen molar-refractivity contribution in [1.82, 2.24) is 15.1 Å². The van der Waals surface area contributed by atoms with Crippen molar-refractivity contribution >= 4 is 21.4 Å². The fraction of sp³-hybridized carbons (Fsp3) is 0.700. The molecule has 0 bridgehead atoms. The summed E-state index contributed by atoms with van der Waals surface area (Å²) >= 11 is 6.09. The van der Waals surface area contributed by atoms with Crippen molar-refractivity contribution in [3.63, 3.8) is 0 Å². The first-order chi connectivity index (χ1) is 7.70. The van der Waals surface area contributed by atoms with Gasteiger partial charge >= 0.3 is 0 Å². The van der Waals surface area contributed by atoms with E-state index in [1.165, 1.54) is 6.26 Å². The van der Waals surface area contributed by atoms with Gasteiger partial charge in [-0.2, -0.15) is 5.10 Å². The van der Waals surface area contributed by atoms with Crippen LogP contribution in [0.25, 0.3) is 0 Å². The van der Waals surface area contributed by atoms with Crippen molar-refractivity contribution in [3.05, 3.63) is 16.4 Å². The molecule has 0 saturated heterocycles. The molecule has 0 spiro atoms. The molecule has 1 aromatic rings. The van der Waals surface area contributed by atoms with Gasteiger partial charge in [0.15, 0.2) is 0 Å². The number of nitrogens with zero attached hydrogens (tertiary/aromatic N) is 2. The van der Waals surface area contributed by atoms with E-state index in [4.69, 9.17) is 11.6 Å². The van der Waals surface area contributed by atoms with Crippen molar-refractivity contribution in [3.8, 4) is 0 Å². The van der Waals surface area contributed by atoms with Crippen LogP contribution in [0.2, 0.25) is 5.02 Å². The predicted octanol–water partition coefficient (Wildman–Crippen LogP) is 0.905. The van der Waals surface area contributed by atoms with Gasteiger partial charge in [0.25, 0.3) is 0 Å². The molecule has 0 fully saturated rings. The molecule has 1 rings (SSSR count). The summed E-state index contributed by atoms with van der Waals surface area (Å²) in [5.41, 5.74) is 1.64. The number of hydrogen-bond donors (Lipinski definition) is 1. The molecule has 0 radical (unpaired) electrons. The van der Waals surface area contributed by atoms with Crippen LogP contribution in [0.4, 0.5) is 0 Å². The second-order valence-electron chi connectivity index (χ2n) is 4.34. The summed E-state index contributed by atoms with van der Waals surface area (Å²) in [7, 11) is -1.14. The Hall–Kier alpha value is -0.590. The SMILES string of the molecule is Cc1nn(C)c(CNC(C)CS(C)(=O)=O)c1Cl. The van der Waals surface area contributed by atoms with E-state index in [-0.39, 0.29) is 11.8 Å². The number of aromatic nitrogens is 2. The van der Waals surface area contributed by atoms with Crippen molar-refractivity contribution in [1.29, 1.82) is 0 Å². The molecular formula is C10H18ClN3O2S. The zero-order valence-electron chi connectivity index (χ0n) is 10.5. The molecular weight excluding hydrogens is 262 g/mol. The first kappa shape index (κ1) is 14.5. The lowest BCUT2D eigenvalue weighted by molar-refractivity contribution is 0.544. The summed E-state index contributed by atoms with van der Waals surface area (Å²) < 4.78 is 23.9. The molecule has 1 unspecified atom stereocenters. The lowest BCUT2D eigenvalue weighted by Gasteiger charge is -2.12. The Morgan fingerprint density at radius 2 is 2.12 bits per heavy atom. The smallest absolute Gasteiger partial charge is 0.148 e. The Morgan fingerprint density at radius 1 is 1.53 bits per heavy atom. The molecule has 5 nitrogen and oxygen atoms in total. The fourth-order valence-electron chi connectivity index (χ4n) is 1.66. The Labute approximate surface area is 107 Å². The van der Waals surface area contributed by atoms with Gasteiger partial charge in [-0.3, -0.25) is 4.68 Å². The average Bonchev–Trinajstić information content (AvgIpc) is 2.36. The van der Waals surface area contributed by atoms with Gasteiger partial charge in [-0.05, 0) is 13.8 Å². The van der Waals surface area contributed by atoms with Gasteiger partial charge in [0.2, 0.25) is 0 Å². The van der Waals surface area contributed by atoms with Crippen LogP contribution in [-0.4, -0.2) is 36.2 Å². The van der Waals surface area contributed by atoms with Gasteiger partial charge in [-0.25, -0.2) is 8.42 Å². The van der Waals surface area contributed by atoms with Gasteiger partial charge in [0.1, 0.15) is 9.84 Å². The Morgan fingerprint density at radius 3 is 2.53 bits per heavy atom. The van der Waals surface area contributed by atoms with Crippen LogP contribution in [0.15, 0.2) is 0 Å². The Bertz CT molecular complexity index is 496. The Kier molecular flexibility index (Phi) is 4.57. The minimum atomic E-state index is -2.96. The van der Waals surface area contributed by atoms with Crippen molar-refractivity contribution in [2.45, 2.75) is 26.4 Å². The monoisotopic (exact) mass is 279 g/mol. The van der Waals surface area contributed by atoms with Crippen LogP contribution in [0, 0.1) is 6.92 Å². The maximum Gasteiger partial charge on any atom is 0.148 e. The number of nitrogens with one attached hydrogen (secondary N) is 1. The molecule has 1 N–H and O–H groups in total. The van der Waals surface area contributed by atoms with Crippen LogP contribution >= 0.6 is 11.6 Å². The maximum atomic E-state index is 11.1. The molecule has 0 aromatic carbocycles. The van der Waals surface area contributed by atoms with E-state index in [0.717, 1.165) is 11.4 Å². The molecule has 0 aliphatic heterocycles. The average molecular weight is 280 g/mol. The molecule has 1 aromatic heterocycles. The number of rotatable bonds is 5.